The van der Waals surface area contributed by atoms with Crippen LogP contribution in [-0.4, -0.2) is 40.6 Å². The summed E-state index contributed by atoms with van der Waals surface area (Å²) < 4.78 is 12.4. The van der Waals surface area contributed by atoms with Gasteiger partial charge in [0.25, 0.3) is 0 Å². The number of hydrogen-bond donors (Lipinski definition) is 1. The van der Waals surface area contributed by atoms with Gasteiger partial charge in [-0.15, -0.1) is 10.2 Å². The standard InChI is InChI=1S/C24H21ClN4O3S/c1-31-20-12-18(13-21(14-20)32-2)26-22(30)15-33-24-28-27-23(16-7-6-8-17(25)11-16)29(24)19-9-4-3-5-10-19/h3-14H,15H2,1-2H3,(H,26,30). The number of anilines is 1. The summed E-state index contributed by atoms with van der Waals surface area (Å²) in [7, 11) is 3.12. The molecule has 0 fully saturated rings. The fourth-order valence-electron chi connectivity index (χ4n) is 3.19. The van der Waals surface area contributed by atoms with Gasteiger partial charge in [-0.1, -0.05) is 53.7 Å². The molecule has 3 aromatic carbocycles. The molecule has 33 heavy (non-hydrogen) atoms. The second kappa shape index (κ2) is 10.4. The molecule has 1 N–H and O–H groups in total. The fraction of sp³-hybridized carbons (Fsp3) is 0.125. The molecule has 0 aliphatic rings. The number of thioether (sulfide) groups is 1. The summed E-state index contributed by atoms with van der Waals surface area (Å²) in [5, 5.41) is 12.8. The SMILES string of the molecule is COc1cc(NC(=O)CSc2nnc(-c3cccc(Cl)c3)n2-c2ccccc2)cc(OC)c1. The summed E-state index contributed by atoms with van der Waals surface area (Å²) in [5.74, 6) is 1.77. The average molecular weight is 481 g/mol. The predicted octanol–water partition coefficient (Wildman–Crippen LogP) is 5.34. The predicted molar refractivity (Wildman–Crippen MR) is 131 cm³/mol. The summed E-state index contributed by atoms with van der Waals surface area (Å²) >= 11 is 7.48. The molecule has 1 amide bonds. The van der Waals surface area contributed by atoms with Crippen molar-refractivity contribution in [1.29, 1.82) is 0 Å². The molecule has 0 aliphatic carbocycles. The monoisotopic (exact) mass is 480 g/mol. The average Bonchev–Trinajstić information content (AvgIpc) is 3.27. The number of hydrogen-bond acceptors (Lipinski definition) is 6. The van der Waals surface area contributed by atoms with E-state index in [0.717, 1.165) is 11.3 Å². The molecule has 7 nitrogen and oxygen atoms in total. The molecule has 168 valence electrons. The zero-order valence-electron chi connectivity index (χ0n) is 18.0. The van der Waals surface area contributed by atoms with Crippen LogP contribution in [0, 0.1) is 0 Å². The van der Waals surface area contributed by atoms with Gasteiger partial charge in [-0.05, 0) is 24.3 Å². The minimum atomic E-state index is -0.192. The Balaban J connectivity index is 1.57. The third-order valence-electron chi connectivity index (χ3n) is 4.70. The molecule has 0 unspecified atom stereocenters. The highest BCUT2D eigenvalue weighted by Gasteiger charge is 2.18. The van der Waals surface area contributed by atoms with Crippen LogP contribution in [0.25, 0.3) is 17.1 Å². The van der Waals surface area contributed by atoms with E-state index in [0.29, 0.717) is 33.2 Å². The molecule has 0 bridgehead atoms. The molecular formula is C24H21ClN4O3S. The van der Waals surface area contributed by atoms with E-state index in [9.17, 15) is 4.79 Å². The van der Waals surface area contributed by atoms with E-state index in [1.807, 2.05) is 59.2 Å². The Morgan fingerprint density at radius 2 is 1.70 bits per heavy atom. The number of para-hydroxylation sites is 1. The van der Waals surface area contributed by atoms with E-state index in [1.54, 1.807) is 32.4 Å². The van der Waals surface area contributed by atoms with Crippen LogP contribution in [0.15, 0.2) is 78.0 Å². The maximum atomic E-state index is 12.7. The van der Waals surface area contributed by atoms with Crippen molar-refractivity contribution in [2.75, 3.05) is 25.3 Å². The van der Waals surface area contributed by atoms with Crippen molar-refractivity contribution in [3.63, 3.8) is 0 Å². The first-order chi connectivity index (χ1) is 16.1. The van der Waals surface area contributed by atoms with Crippen LogP contribution in [0.5, 0.6) is 11.5 Å². The van der Waals surface area contributed by atoms with Gasteiger partial charge < -0.3 is 14.8 Å². The molecule has 0 radical (unpaired) electrons. The number of carbonyl (C=O) groups excluding carboxylic acids is 1. The summed E-state index contributed by atoms with van der Waals surface area (Å²) in [6, 6.07) is 22.4. The number of nitrogens with one attached hydrogen (secondary N) is 1. The van der Waals surface area contributed by atoms with Gasteiger partial charge in [0.05, 0.1) is 20.0 Å². The van der Waals surface area contributed by atoms with Gasteiger partial charge in [-0.25, -0.2) is 0 Å². The maximum absolute atomic E-state index is 12.7. The molecule has 4 rings (SSSR count). The van der Waals surface area contributed by atoms with Crippen LogP contribution >= 0.6 is 23.4 Å². The van der Waals surface area contributed by atoms with Crippen molar-refractivity contribution >= 4 is 35.0 Å². The van der Waals surface area contributed by atoms with E-state index >= 15 is 0 Å². The molecule has 0 aliphatic heterocycles. The normalized spacial score (nSPS) is 10.6. The topological polar surface area (TPSA) is 78.3 Å². The van der Waals surface area contributed by atoms with Crippen molar-refractivity contribution in [1.82, 2.24) is 14.8 Å². The number of amides is 1. The Kier molecular flexibility index (Phi) is 7.16. The quantitative estimate of drug-likeness (QED) is 0.343. The van der Waals surface area contributed by atoms with Crippen LogP contribution in [0.2, 0.25) is 5.02 Å². The number of aromatic nitrogens is 3. The second-order valence-electron chi connectivity index (χ2n) is 6.93. The van der Waals surface area contributed by atoms with Crippen LogP contribution in [0.4, 0.5) is 5.69 Å². The number of rotatable bonds is 8. The second-order valence-corrected chi connectivity index (χ2v) is 8.30. The minimum absolute atomic E-state index is 0.139. The third kappa shape index (κ3) is 5.47. The summed E-state index contributed by atoms with van der Waals surface area (Å²) in [6.45, 7) is 0. The zero-order valence-corrected chi connectivity index (χ0v) is 19.6. The van der Waals surface area contributed by atoms with Crippen molar-refractivity contribution in [3.05, 3.63) is 77.8 Å². The summed E-state index contributed by atoms with van der Waals surface area (Å²) in [5.41, 5.74) is 2.30. The highest BCUT2D eigenvalue weighted by atomic mass is 35.5. The van der Waals surface area contributed by atoms with Gasteiger partial charge in [0.1, 0.15) is 11.5 Å². The van der Waals surface area contributed by atoms with Crippen molar-refractivity contribution < 1.29 is 14.3 Å². The van der Waals surface area contributed by atoms with Gasteiger partial charge in [-0.3, -0.25) is 9.36 Å². The number of nitrogens with zero attached hydrogens (tertiary/aromatic N) is 3. The van der Waals surface area contributed by atoms with Gasteiger partial charge in [0, 0.05) is 40.2 Å². The van der Waals surface area contributed by atoms with E-state index in [-0.39, 0.29) is 11.7 Å². The molecule has 4 aromatic rings. The Morgan fingerprint density at radius 1 is 0.970 bits per heavy atom. The molecule has 0 atom stereocenters. The lowest BCUT2D eigenvalue weighted by atomic mass is 10.2. The van der Waals surface area contributed by atoms with E-state index in [2.05, 4.69) is 15.5 Å². The summed E-state index contributed by atoms with van der Waals surface area (Å²) in [4.78, 5) is 12.7. The number of carbonyl (C=O) groups is 1. The van der Waals surface area contributed by atoms with Crippen LogP contribution in [0.1, 0.15) is 0 Å². The lowest BCUT2D eigenvalue weighted by molar-refractivity contribution is -0.113. The van der Waals surface area contributed by atoms with Crippen molar-refractivity contribution in [2.45, 2.75) is 5.16 Å². The molecule has 0 saturated heterocycles. The minimum Gasteiger partial charge on any atom is -0.497 e. The Bertz CT molecular complexity index is 1240. The molecule has 0 saturated carbocycles. The van der Waals surface area contributed by atoms with Crippen molar-refractivity contribution in [2.24, 2.45) is 0 Å². The van der Waals surface area contributed by atoms with Crippen LogP contribution in [0.3, 0.4) is 0 Å². The van der Waals surface area contributed by atoms with Gasteiger partial charge in [0.15, 0.2) is 11.0 Å². The third-order valence-corrected chi connectivity index (χ3v) is 5.86. The van der Waals surface area contributed by atoms with Crippen molar-refractivity contribution in [3.8, 4) is 28.6 Å². The number of ether oxygens (including phenoxy) is 2. The molecular weight excluding hydrogens is 460 g/mol. The lowest BCUT2D eigenvalue weighted by Crippen LogP contribution is -2.14. The van der Waals surface area contributed by atoms with E-state index in [4.69, 9.17) is 21.1 Å². The zero-order chi connectivity index (χ0) is 23.2. The largest absolute Gasteiger partial charge is 0.497 e. The lowest BCUT2D eigenvalue weighted by Gasteiger charge is -2.11. The first-order valence-electron chi connectivity index (χ1n) is 10.00. The Labute approximate surface area is 200 Å². The Hall–Kier alpha value is -3.49. The van der Waals surface area contributed by atoms with Gasteiger partial charge in [-0.2, -0.15) is 0 Å². The summed E-state index contributed by atoms with van der Waals surface area (Å²) in [6.07, 6.45) is 0. The number of benzene rings is 3. The molecule has 9 heteroatoms. The van der Waals surface area contributed by atoms with Gasteiger partial charge in [0.2, 0.25) is 5.91 Å². The first kappa shape index (κ1) is 22.7. The van der Waals surface area contributed by atoms with Crippen LogP contribution in [-0.2, 0) is 4.79 Å². The van der Waals surface area contributed by atoms with Crippen LogP contribution < -0.4 is 14.8 Å². The van der Waals surface area contributed by atoms with E-state index in [1.165, 1.54) is 11.8 Å². The van der Waals surface area contributed by atoms with E-state index < -0.39 is 0 Å². The molecule has 1 aromatic heterocycles. The molecule has 1 heterocycles. The molecule has 0 spiro atoms. The first-order valence-corrected chi connectivity index (χ1v) is 11.4. The highest BCUT2D eigenvalue weighted by molar-refractivity contribution is 7.99. The maximum Gasteiger partial charge on any atom is 0.234 e. The number of methoxy groups -OCH3 is 2. The smallest absolute Gasteiger partial charge is 0.234 e. The highest BCUT2D eigenvalue weighted by Crippen LogP contribution is 2.30. The number of halogens is 1. The fourth-order valence-corrected chi connectivity index (χ4v) is 4.14. The van der Waals surface area contributed by atoms with Gasteiger partial charge >= 0.3 is 0 Å². The Morgan fingerprint density at radius 3 is 2.36 bits per heavy atom.